The molecule has 0 unspecified atom stereocenters. The van der Waals surface area contributed by atoms with Crippen molar-refractivity contribution in [2.24, 2.45) is 0 Å². The summed E-state index contributed by atoms with van der Waals surface area (Å²) in [7, 11) is 0. The zero-order valence-corrected chi connectivity index (χ0v) is 10.7. The Morgan fingerprint density at radius 3 is 2.26 bits per heavy atom. The Bertz CT molecular complexity index is 720. The molecule has 0 N–H and O–H groups in total. The van der Waals surface area contributed by atoms with Crippen molar-refractivity contribution in [3.8, 4) is 0 Å². The van der Waals surface area contributed by atoms with Gasteiger partial charge in [0, 0.05) is 12.4 Å². The quantitative estimate of drug-likeness (QED) is 0.665. The molecule has 2 heterocycles. The number of hydrogen-bond acceptors (Lipinski definition) is 4. The van der Waals surface area contributed by atoms with Crippen LogP contribution in [0.5, 0.6) is 0 Å². The van der Waals surface area contributed by atoms with E-state index in [9.17, 15) is 9.59 Å². The van der Waals surface area contributed by atoms with E-state index in [-0.39, 0.29) is 23.0 Å². The second-order valence-electron chi connectivity index (χ2n) is 4.66. The van der Waals surface area contributed by atoms with Crippen molar-refractivity contribution in [3.05, 3.63) is 58.2 Å². The number of nitrogens with zero attached hydrogens (tertiary/aromatic N) is 2. The minimum absolute atomic E-state index is 0.163. The van der Waals surface area contributed by atoms with E-state index >= 15 is 0 Å². The van der Waals surface area contributed by atoms with Gasteiger partial charge in [0.1, 0.15) is 11.4 Å². The van der Waals surface area contributed by atoms with Gasteiger partial charge in [-0.05, 0) is 36.6 Å². The first-order valence-electron chi connectivity index (χ1n) is 6.16. The Hall–Kier alpha value is -2.36. The fourth-order valence-electron chi connectivity index (χ4n) is 2.24. The maximum Gasteiger partial charge on any atom is 0.231 e. The molecular formula is C15H12N2O2. The molecule has 0 saturated carbocycles. The number of carbonyl (C=O) groups excluding carboxylic acids is 2. The highest BCUT2D eigenvalue weighted by molar-refractivity contribution is 6.26. The van der Waals surface area contributed by atoms with Crippen molar-refractivity contribution in [1.82, 2.24) is 9.97 Å². The van der Waals surface area contributed by atoms with Crippen LogP contribution in [0.15, 0.2) is 24.5 Å². The number of aromatic nitrogens is 2. The van der Waals surface area contributed by atoms with Gasteiger partial charge in [-0.3, -0.25) is 19.6 Å². The van der Waals surface area contributed by atoms with Crippen LogP contribution in [0.25, 0.3) is 0 Å². The second-order valence-corrected chi connectivity index (χ2v) is 4.66. The molecule has 0 amide bonds. The van der Waals surface area contributed by atoms with Crippen molar-refractivity contribution >= 4 is 11.6 Å². The molecule has 1 aliphatic carbocycles. The van der Waals surface area contributed by atoms with Crippen LogP contribution in [-0.2, 0) is 6.42 Å². The molecule has 0 aliphatic heterocycles. The lowest BCUT2D eigenvalue weighted by Gasteiger charge is -2.16. The van der Waals surface area contributed by atoms with Crippen molar-refractivity contribution in [3.63, 3.8) is 0 Å². The molecular weight excluding hydrogens is 240 g/mol. The van der Waals surface area contributed by atoms with E-state index in [1.54, 1.807) is 24.5 Å². The lowest BCUT2D eigenvalue weighted by Crippen LogP contribution is -2.24. The zero-order chi connectivity index (χ0) is 13.6. The van der Waals surface area contributed by atoms with Crippen LogP contribution in [0.4, 0.5) is 0 Å². The van der Waals surface area contributed by atoms with E-state index in [0.717, 1.165) is 17.5 Å². The Morgan fingerprint density at radius 2 is 1.58 bits per heavy atom. The number of aryl methyl sites for hydroxylation is 2. The molecule has 19 heavy (non-hydrogen) atoms. The maximum absolute atomic E-state index is 12.4. The summed E-state index contributed by atoms with van der Waals surface area (Å²) in [6.07, 6.45) is 4.01. The number of carbonyl (C=O) groups is 2. The molecule has 3 rings (SSSR count). The first kappa shape index (κ1) is 11.7. The number of rotatable bonds is 1. The Balaban J connectivity index is 2.26. The number of ketones is 2. The van der Waals surface area contributed by atoms with Crippen molar-refractivity contribution in [2.75, 3.05) is 0 Å². The Labute approximate surface area is 110 Å². The predicted molar refractivity (Wildman–Crippen MR) is 69.5 cm³/mol. The van der Waals surface area contributed by atoms with Gasteiger partial charge in [-0.2, -0.15) is 0 Å². The Morgan fingerprint density at radius 1 is 0.947 bits per heavy atom. The number of fused-ring (bicyclic) bond motifs is 2. The standard InChI is InChI=1S/C15H12N2O2/c1-3-9-5-11-13(17-7-9)15(19)12-10(14(11)18)4-8(2)6-16-12/h4-7H,3H2,1-2H3. The average Bonchev–Trinajstić information content (AvgIpc) is 2.44. The lowest BCUT2D eigenvalue weighted by molar-refractivity contribution is 0.0971. The van der Waals surface area contributed by atoms with Crippen LogP contribution >= 0.6 is 0 Å². The van der Waals surface area contributed by atoms with E-state index in [1.807, 2.05) is 13.8 Å². The fourth-order valence-corrected chi connectivity index (χ4v) is 2.24. The first-order chi connectivity index (χ1) is 9.11. The molecule has 2 aromatic rings. The molecule has 0 bridgehead atoms. The van der Waals surface area contributed by atoms with Gasteiger partial charge in [0.15, 0.2) is 5.78 Å². The minimum atomic E-state index is -0.271. The molecule has 0 aromatic carbocycles. The summed E-state index contributed by atoms with van der Waals surface area (Å²) in [6, 6.07) is 3.47. The largest absolute Gasteiger partial charge is 0.288 e. The molecule has 0 radical (unpaired) electrons. The van der Waals surface area contributed by atoms with Gasteiger partial charge < -0.3 is 0 Å². The topological polar surface area (TPSA) is 59.9 Å². The molecule has 2 aromatic heterocycles. The summed E-state index contributed by atoms with van der Waals surface area (Å²) in [5.41, 5.74) is 3.01. The van der Waals surface area contributed by atoms with Crippen molar-refractivity contribution in [2.45, 2.75) is 20.3 Å². The van der Waals surface area contributed by atoms with Gasteiger partial charge in [0.05, 0.1) is 11.1 Å². The van der Waals surface area contributed by atoms with Gasteiger partial charge in [0.25, 0.3) is 0 Å². The summed E-state index contributed by atoms with van der Waals surface area (Å²) in [5, 5.41) is 0. The lowest BCUT2D eigenvalue weighted by atomic mass is 9.89. The second kappa shape index (κ2) is 4.09. The van der Waals surface area contributed by atoms with Gasteiger partial charge in [-0.1, -0.05) is 6.92 Å². The van der Waals surface area contributed by atoms with Crippen LogP contribution in [-0.4, -0.2) is 21.5 Å². The molecule has 1 aliphatic rings. The van der Waals surface area contributed by atoms with E-state index in [2.05, 4.69) is 9.97 Å². The van der Waals surface area contributed by atoms with E-state index < -0.39 is 0 Å². The fraction of sp³-hybridized carbons (Fsp3) is 0.200. The predicted octanol–water partition coefficient (Wildman–Crippen LogP) is 2.12. The number of hydrogen-bond donors (Lipinski definition) is 0. The molecule has 0 atom stereocenters. The third kappa shape index (κ3) is 1.68. The van der Waals surface area contributed by atoms with Gasteiger partial charge in [-0.25, -0.2) is 0 Å². The highest BCUT2D eigenvalue weighted by atomic mass is 16.1. The SMILES string of the molecule is CCc1cnc2c(c1)C(=O)c1cc(C)cnc1C2=O. The van der Waals surface area contributed by atoms with Crippen LogP contribution in [0.1, 0.15) is 50.2 Å². The van der Waals surface area contributed by atoms with Crippen LogP contribution < -0.4 is 0 Å². The van der Waals surface area contributed by atoms with E-state index in [4.69, 9.17) is 0 Å². The van der Waals surface area contributed by atoms with Crippen LogP contribution in [0, 0.1) is 6.92 Å². The monoisotopic (exact) mass is 252 g/mol. The summed E-state index contributed by atoms with van der Waals surface area (Å²) in [6.45, 7) is 3.83. The van der Waals surface area contributed by atoms with E-state index in [1.165, 1.54) is 0 Å². The number of pyridine rings is 2. The summed E-state index contributed by atoms with van der Waals surface area (Å²) in [4.78, 5) is 32.9. The molecule has 0 saturated heterocycles. The summed E-state index contributed by atoms with van der Waals surface area (Å²) in [5.74, 6) is -0.434. The van der Waals surface area contributed by atoms with Gasteiger partial charge >= 0.3 is 0 Å². The van der Waals surface area contributed by atoms with Gasteiger partial charge in [0.2, 0.25) is 5.78 Å². The van der Waals surface area contributed by atoms with Crippen molar-refractivity contribution < 1.29 is 9.59 Å². The van der Waals surface area contributed by atoms with E-state index in [0.29, 0.717) is 11.1 Å². The normalized spacial score (nSPS) is 13.2. The minimum Gasteiger partial charge on any atom is -0.288 e. The van der Waals surface area contributed by atoms with Crippen LogP contribution in [0.2, 0.25) is 0 Å². The smallest absolute Gasteiger partial charge is 0.231 e. The molecule has 0 fully saturated rings. The molecule has 4 nitrogen and oxygen atoms in total. The van der Waals surface area contributed by atoms with Crippen LogP contribution in [0.3, 0.4) is 0 Å². The molecule has 4 heteroatoms. The maximum atomic E-state index is 12.4. The third-order valence-corrected chi connectivity index (χ3v) is 3.30. The average molecular weight is 252 g/mol. The first-order valence-corrected chi connectivity index (χ1v) is 6.16. The molecule has 94 valence electrons. The van der Waals surface area contributed by atoms with Gasteiger partial charge in [-0.15, -0.1) is 0 Å². The summed E-state index contributed by atoms with van der Waals surface area (Å²) < 4.78 is 0. The highest BCUT2D eigenvalue weighted by Crippen LogP contribution is 2.25. The third-order valence-electron chi connectivity index (χ3n) is 3.30. The van der Waals surface area contributed by atoms with Crippen molar-refractivity contribution in [1.29, 1.82) is 0 Å². The highest BCUT2D eigenvalue weighted by Gasteiger charge is 2.32. The zero-order valence-electron chi connectivity index (χ0n) is 10.7. The Kier molecular flexibility index (Phi) is 2.52. The summed E-state index contributed by atoms with van der Waals surface area (Å²) >= 11 is 0. The molecule has 0 spiro atoms.